The van der Waals surface area contributed by atoms with Crippen molar-refractivity contribution in [2.45, 2.75) is 6.42 Å². The van der Waals surface area contributed by atoms with Crippen molar-refractivity contribution < 1.29 is 13.2 Å². The molecule has 0 bridgehead atoms. The molecule has 1 N–H and O–H groups in total. The summed E-state index contributed by atoms with van der Waals surface area (Å²) in [5.41, 5.74) is 0.141. The fourth-order valence-corrected chi connectivity index (χ4v) is 1.85. The van der Waals surface area contributed by atoms with E-state index in [9.17, 15) is 13.2 Å². The number of halogens is 3. The normalized spacial score (nSPS) is 17.3. The Morgan fingerprint density at radius 3 is 2.62 bits per heavy atom. The number of nitrogens with one attached hydrogen (secondary N) is 1. The zero-order valence-corrected chi connectivity index (χ0v) is 8.77. The molecule has 2 nitrogen and oxygen atoms in total. The predicted octanol–water partition coefficient (Wildman–Crippen LogP) is 1.90. The van der Waals surface area contributed by atoms with Crippen LogP contribution in [0.15, 0.2) is 12.1 Å². The minimum atomic E-state index is -1.39. The van der Waals surface area contributed by atoms with E-state index in [-0.39, 0.29) is 5.69 Å². The van der Waals surface area contributed by atoms with E-state index in [2.05, 4.69) is 5.32 Å². The van der Waals surface area contributed by atoms with Gasteiger partial charge >= 0.3 is 0 Å². The molecule has 0 unspecified atom stereocenters. The first kappa shape index (κ1) is 11.3. The van der Waals surface area contributed by atoms with Crippen LogP contribution in [0, 0.1) is 17.5 Å². The van der Waals surface area contributed by atoms with Crippen molar-refractivity contribution in [3.63, 3.8) is 0 Å². The largest absolute Gasteiger partial charge is 0.368 e. The van der Waals surface area contributed by atoms with Crippen LogP contribution >= 0.6 is 0 Å². The highest BCUT2D eigenvalue weighted by atomic mass is 19.2. The van der Waals surface area contributed by atoms with Crippen molar-refractivity contribution in [3.05, 3.63) is 29.6 Å². The molecule has 0 amide bonds. The molecular weight excluding hydrogens is 217 g/mol. The fourth-order valence-electron chi connectivity index (χ4n) is 1.85. The molecular formula is C11H13F3N2. The van der Waals surface area contributed by atoms with Gasteiger partial charge in [-0.05, 0) is 25.1 Å². The summed E-state index contributed by atoms with van der Waals surface area (Å²) in [6.45, 7) is 2.83. The number of hydrogen-bond donors (Lipinski definition) is 1. The summed E-state index contributed by atoms with van der Waals surface area (Å²) in [4.78, 5) is 1.73. The molecule has 5 heteroatoms. The van der Waals surface area contributed by atoms with Crippen LogP contribution in [-0.2, 0) is 0 Å². The van der Waals surface area contributed by atoms with Gasteiger partial charge < -0.3 is 10.2 Å². The maximum absolute atomic E-state index is 13.5. The topological polar surface area (TPSA) is 15.3 Å². The van der Waals surface area contributed by atoms with Crippen LogP contribution in [0.3, 0.4) is 0 Å². The lowest BCUT2D eigenvalue weighted by atomic mass is 10.2. The van der Waals surface area contributed by atoms with Gasteiger partial charge in [0.25, 0.3) is 0 Å². The van der Waals surface area contributed by atoms with Crippen molar-refractivity contribution in [3.8, 4) is 0 Å². The second-order valence-electron chi connectivity index (χ2n) is 3.79. The van der Waals surface area contributed by atoms with E-state index in [1.807, 2.05) is 0 Å². The van der Waals surface area contributed by atoms with Crippen LogP contribution in [0.25, 0.3) is 0 Å². The first-order valence-corrected chi connectivity index (χ1v) is 5.29. The van der Waals surface area contributed by atoms with Gasteiger partial charge in [0.1, 0.15) is 0 Å². The Bertz CT molecular complexity index is 374. The molecule has 0 spiro atoms. The van der Waals surface area contributed by atoms with Crippen LogP contribution in [0.4, 0.5) is 18.9 Å². The third-order valence-corrected chi connectivity index (χ3v) is 2.70. The van der Waals surface area contributed by atoms with Crippen molar-refractivity contribution in [1.29, 1.82) is 0 Å². The quantitative estimate of drug-likeness (QED) is 0.741. The molecule has 1 aliphatic rings. The van der Waals surface area contributed by atoms with E-state index < -0.39 is 17.5 Å². The molecule has 0 atom stereocenters. The van der Waals surface area contributed by atoms with Gasteiger partial charge in [0.2, 0.25) is 0 Å². The minimum Gasteiger partial charge on any atom is -0.368 e. The highest BCUT2D eigenvalue weighted by Gasteiger charge is 2.18. The van der Waals surface area contributed by atoms with Gasteiger partial charge in [0, 0.05) is 19.6 Å². The lowest BCUT2D eigenvalue weighted by molar-refractivity contribution is 0.446. The fraction of sp³-hybridized carbons (Fsp3) is 0.455. The maximum atomic E-state index is 13.5. The van der Waals surface area contributed by atoms with Crippen molar-refractivity contribution in [2.75, 3.05) is 31.1 Å². The Morgan fingerprint density at radius 2 is 1.81 bits per heavy atom. The van der Waals surface area contributed by atoms with Gasteiger partial charge in [-0.3, -0.25) is 0 Å². The van der Waals surface area contributed by atoms with E-state index in [4.69, 9.17) is 0 Å². The molecule has 1 fully saturated rings. The molecule has 0 saturated carbocycles. The predicted molar refractivity (Wildman–Crippen MR) is 56.0 cm³/mol. The first-order chi connectivity index (χ1) is 7.70. The second-order valence-corrected chi connectivity index (χ2v) is 3.79. The summed E-state index contributed by atoms with van der Waals surface area (Å²) >= 11 is 0. The summed E-state index contributed by atoms with van der Waals surface area (Å²) in [5.74, 6) is -3.63. The average molecular weight is 230 g/mol. The standard InChI is InChI=1S/C11H13F3N2/c12-8-2-3-9(11(14)10(8)13)16-6-1-4-15-5-7-16/h2-3,15H,1,4-7H2. The van der Waals surface area contributed by atoms with Gasteiger partial charge in [-0.15, -0.1) is 0 Å². The third kappa shape index (κ3) is 2.14. The lowest BCUT2D eigenvalue weighted by Gasteiger charge is -2.22. The second kappa shape index (κ2) is 4.74. The Morgan fingerprint density at radius 1 is 1.00 bits per heavy atom. The SMILES string of the molecule is Fc1ccc(N2CCCNCC2)c(F)c1F. The van der Waals surface area contributed by atoms with Crippen LogP contribution in [0.2, 0.25) is 0 Å². The highest BCUT2D eigenvalue weighted by Crippen LogP contribution is 2.23. The molecule has 1 saturated heterocycles. The highest BCUT2D eigenvalue weighted by molar-refractivity contribution is 5.48. The Kier molecular flexibility index (Phi) is 3.33. The number of hydrogen-bond acceptors (Lipinski definition) is 2. The molecule has 0 radical (unpaired) electrons. The van der Waals surface area contributed by atoms with Crippen LogP contribution in [-0.4, -0.2) is 26.2 Å². The van der Waals surface area contributed by atoms with Gasteiger partial charge in [-0.1, -0.05) is 0 Å². The molecule has 0 aromatic heterocycles. The van der Waals surface area contributed by atoms with E-state index in [1.165, 1.54) is 6.07 Å². The van der Waals surface area contributed by atoms with E-state index in [0.29, 0.717) is 13.1 Å². The smallest absolute Gasteiger partial charge is 0.196 e. The third-order valence-electron chi connectivity index (χ3n) is 2.70. The minimum absolute atomic E-state index is 0.141. The number of anilines is 1. The molecule has 88 valence electrons. The van der Waals surface area contributed by atoms with E-state index >= 15 is 0 Å². The van der Waals surface area contributed by atoms with E-state index in [1.54, 1.807) is 4.90 Å². The van der Waals surface area contributed by atoms with Gasteiger partial charge in [0.15, 0.2) is 17.5 Å². The Hall–Kier alpha value is -1.23. The summed E-state index contributed by atoms with van der Waals surface area (Å²) < 4.78 is 39.3. The average Bonchev–Trinajstić information content (AvgIpc) is 2.55. The summed E-state index contributed by atoms with van der Waals surface area (Å²) in [6, 6.07) is 2.26. The van der Waals surface area contributed by atoms with Crippen molar-refractivity contribution in [1.82, 2.24) is 5.32 Å². The zero-order valence-electron chi connectivity index (χ0n) is 8.77. The first-order valence-electron chi connectivity index (χ1n) is 5.29. The van der Waals surface area contributed by atoms with Crippen LogP contribution in [0.1, 0.15) is 6.42 Å². The lowest BCUT2D eigenvalue weighted by Crippen LogP contribution is -2.28. The summed E-state index contributed by atoms with van der Waals surface area (Å²) in [6.07, 6.45) is 0.860. The van der Waals surface area contributed by atoms with E-state index in [0.717, 1.165) is 25.6 Å². The monoisotopic (exact) mass is 230 g/mol. The molecule has 2 rings (SSSR count). The van der Waals surface area contributed by atoms with Crippen molar-refractivity contribution in [2.24, 2.45) is 0 Å². The van der Waals surface area contributed by atoms with Crippen LogP contribution in [0.5, 0.6) is 0 Å². The maximum Gasteiger partial charge on any atom is 0.196 e. The van der Waals surface area contributed by atoms with Crippen molar-refractivity contribution >= 4 is 5.69 Å². The molecule has 1 heterocycles. The van der Waals surface area contributed by atoms with Gasteiger partial charge in [-0.2, -0.15) is 0 Å². The van der Waals surface area contributed by atoms with Crippen LogP contribution < -0.4 is 10.2 Å². The molecule has 0 aliphatic carbocycles. The molecule has 1 aromatic carbocycles. The van der Waals surface area contributed by atoms with Gasteiger partial charge in [0.05, 0.1) is 5.69 Å². The molecule has 16 heavy (non-hydrogen) atoms. The number of nitrogens with zero attached hydrogens (tertiary/aromatic N) is 1. The number of rotatable bonds is 1. The Balaban J connectivity index is 2.28. The number of benzene rings is 1. The molecule has 1 aromatic rings. The molecule has 1 aliphatic heterocycles. The summed E-state index contributed by atoms with van der Waals surface area (Å²) in [7, 11) is 0. The Labute approximate surface area is 92.1 Å². The zero-order chi connectivity index (χ0) is 11.5. The van der Waals surface area contributed by atoms with Gasteiger partial charge in [-0.25, -0.2) is 13.2 Å². The summed E-state index contributed by atoms with van der Waals surface area (Å²) in [5, 5.41) is 3.16.